The van der Waals surface area contributed by atoms with Gasteiger partial charge in [0, 0.05) is 6.54 Å². The fraction of sp³-hybridized carbons (Fsp3) is 0.471. The number of amides is 3. The van der Waals surface area contributed by atoms with E-state index in [0.717, 1.165) is 22.6 Å². The molecule has 1 aromatic carbocycles. The number of nitrogens with zero attached hydrogens (tertiary/aromatic N) is 2. The summed E-state index contributed by atoms with van der Waals surface area (Å²) >= 11 is 0. The summed E-state index contributed by atoms with van der Waals surface area (Å²) in [5.74, 6) is 0.433. The number of hydrogen-bond acceptors (Lipinski definition) is 4. The average Bonchev–Trinajstić information content (AvgIpc) is 2.82. The van der Waals surface area contributed by atoms with Gasteiger partial charge in [0.15, 0.2) is 0 Å². The van der Waals surface area contributed by atoms with Gasteiger partial charge in [0.25, 0.3) is 5.91 Å². The molecule has 1 atom stereocenters. The van der Waals surface area contributed by atoms with Gasteiger partial charge in [-0.05, 0) is 30.5 Å². The Morgan fingerprint density at radius 3 is 2.52 bits per heavy atom. The van der Waals surface area contributed by atoms with Crippen molar-refractivity contribution in [3.8, 4) is 11.8 Å². The monoisotopic (exact) mass is 315 g/mol. The van der Waals surface area contributed by atoms with Crippen molar-refractivity contribution >= 4 is 11.9 Å². The Bertz CT molecular complexity index is 621. The molecule has 2 rings (SSSR count). The summed E-state index contributed by atoms with van der Waals surface area (Å²) in [6.07, 6.45) is 1.49. The van der Waals surface area contributed by atoms with Crippen LogP contribution in [0.15, 0.2) is 24.3 Å². The fourth-order valence-corrected chi connectivity index (χ4v) is 2.69. The second kappa shape index (κ2) is 7.14. The smallest absolute Gasteiger partial charge is 0.325 e. The minimum Gasteiger partial charge on any atom is -0.494 e. The standard InChI is InChI=1S/C17H21N3O3/c1-3-12-23-14-8-6-13(7-9-14)17(4-2)15(21)20(11-5-10-18)16(22)19-17/h6-9H,3-5,11-12H2,1-2H3,(H,19,22). The van der Waals surface area contributed by atoms with Gasteiger partial charge in [-0.15, -0.1) is 0 Å². The molecule has 1 aliphatic heterocycles. The molecule has 1 fully saturated rings. The zero-order chi connectivity index (χ0) is 16.9. The van der Waals surface area contributed by atoms with Crippen LogP contribution in [0.2, 0.25) is 0 Å². The summed E-state index contributed by atoms with van der Waals surface area (Å²) in [5.41, 5.74) is -0.336. The number of carbonyl (C=O) groups excluding carboxylic acids is 2. The average molecular weight is 315 g/mol. The predicted octanol–water partition coefficient (Wildman–Crippen LogP) is 2.55. The van der Waals surface area contributed by atoms with Crippen LogP contribution in [0.3, 0.4) is 0 Å². The first-order valence-corrected chi connectivity index (χ1v) is 7.83. The first-order valence-electron chi connectivity index (χ1n) is 7.83. The lowest BCUT2D eigenvalue weighted by Gasteiger charge is -2.26. The van der Waals surface area contributed by atoms with Gasteiger partial charge in [-0.25, -0.2) is 4.79 Å². The summed E-state index contributed by atoms with van der Waals surface area (Å²) in [7, 11) is 0. The highest BCUT2D eigenvalue weighted by Gasteiger charge is 2.50. The van der Waals surface area contributed by atoms with E-state index in [1.54, 1.807) is 24.3 Å². The number of hydrogen-bond donors (Lipinski definition) is 1. The van der Waals surface area contributed by atoms with Crippen LogP contribution < -0.4 is 10.1 Å². The molecule has 3 amide bonds. The maximum Gasteiger partial charge on any atom is 0.325 e. The molecule has 0 aromatic heterocycles. The van der Waals surface area contributed by atoms with E-state index in [-0.39, 0.29) is 18.9 Å². The van der Waals surface area contributed by atoms with E-state index in [1.807, 2.05) is 19.9 Å². The number of benzene rings is 1. The number of carbonyl (C=O) groups is 2. The largest absolute Gasteiger partial charge is 0.494 e. The summed E-state index contributed by atoms with van der Waals surface area (Å²) in [5, 5.41) is 11.5. The predicted molar refractivity (Wildman–Crippen MR) is 84.7 cm³/mol. The van der Waals surface area contributed by atoms with Crippen LogP contribution in [-0.2, 0) is 10.3 Å². The molecule has 6 nitrogen and oxygen atoms in total. The SMILES string of the molecule is CCCOc1ccc(C2(CC)NC(=O)N(CCC#N)C2=O)cc1. The number of nitrogens with one attached hydrogen (secondary N) is 1. The lowest BCUT2D eigenvalue weighted by atomic mass is 9.87. The van der Waals surface area contributed by atoms with E-state index >= 15 is 0 Å². The zero-order valence-electron chi connectivity index (χ0n) is 13.5. The van der Waals surface area contributed by atoms with Crippen LogP contribution in [0, 0.1) is 11.3 Å². The van der Waals surface area contributed by atoms with E-state index in [2.05, 4.69) is 5.32 Å². The van der Waals surface area contributed by atoms with E-state index in [1.165, 1.54) is 0 Å². The Morgan fingerprint density at radius 2 is 1.96 bits per heavy atom. The van der Waals surface area contributed by atoms with Gasteiger partial charge < -0.3 is 10.1 Å². The number of urea groups is 1. The van der Waals surface area contributed by atoms with Crippen molar-refractivity contribution in [3.05, 3.63) is 29.8 Å². The molecule has 1 aromatic rings. The van der Waals surface area contributed by atoms with Crippen molar-refractivity contribution in [1.82, 2.24) is 10.2 Å². The molecular weight excluding hydrogens is 294 g/mol. The lowest BCUT2D eigenvalue weighted by Crippen LogP contribution is -2.43. The van der Waals surface area contributed by atoms with Crippen molar-refractivity contribution < 1.29 is 14.3 Å². The van der Waals surface area contributed by atoms with Gasteiger partial charge in [-0.3, -0.25) is 9.69 Å². The minimum atomic E-state index is -1.06. The van der Waals surface area contributed by atoms with Gasteiger partial charge >= 0.3 is 6.03 Å². The first-order chi connectivity index (χ1) is 11.1. The molecule has 1 N–H and O–H groups in total. The van der Waals surface area contributed by atoms with Crippen molar-refractivity contribution in [2.75, 3.05) is 13.2 Å². The number of imide groups is 1. The summed E-state index contributed by atoms with van der Waals surface area (Å²) in [6.45, 7) is 4.63. The van der Waals surface area contributed by atoms with Crippen molar-refractivity contribution in [1.29, 1.82) is 5.26 Å². The lowest BCUT2D eigenvalue weighted by molar-refractivity contribution is -0.131. The molecule has 0 spiro atoms. The van der Waals surface area contributed by atoms with Crippen LogP contribution in [0.4, 0.5) is 4.79 Å². The molecular formula is C17H21N3O3. The van der Waals surface area contributed by atoms with E-state index in [4.69, 9.17) is 10.00 Å². The third kappa shape index (κ3) is 3.14. The maximum atomic E-state index is 12.7. The van der Waals surface area contributed by atoms with Crippen molar-refractivity contribution in [2.45, 2.75) is 38.6 Å². The zero-order valence-corrected chi connectivity index (χ0v) is 13.5. The highest BCUT2D eigenvalue weighted by Crippen LogP contribution is 2.33. The molecule has 0 bridgehead atoms. The second-order valence-electron chi connectivity index (χ2n) is 5.43. The van der Waals surface area contributed by atoms with E-state index in [0.29, 0.717) is 13.0 Å². The molecule has 1 aliphatic rings. The van der Waals surface area contributed by atoms with E-state index < -0.39 is 11.6 Å². The quantitative estimate of drug-likeness (QED) is 0.784. The molecule has 1 heterocycles. The fourth-order valence-electron chi connectivity index (χ4n) is 2.69. The summed E-state index contributed by atoms with van der Waals surface area (Å²) in [4.78, 5) is 26.0. The molecule has 0 aliphatic carbocycles. The van der Waals surface area contributed by atoms with Crippen molar-refractivity contribution in [2.24, 2.45) is 0 Å². The van der Waals surface area contributed by atoms with Gasteiger partial charge in [0.1, 0.15) is 11.3 Å². The van der Waals surface area contributed by atoms with Gasteiger partial charge in [0.05, 0.1) is 19.1 Å². The summed E-state index contributed by atoms with van der Waals surface area (Å²) < 4.78 is 5.54. The van der Waals surface area contributed by atoms with Crippen LogP contribution >= 0.6 is 0 Å². The van der Waals surface area contributed by atoms with Gasteiger partial charge in [-0.2, -0.15) is 5.26 Å². The van der Waals surface area contributed by atoms with Gasteiger partial charge in [0.2, 0.25) is 0 Å². The maximum absolute atomic E-state index is 12.7. The Balaban J connectivity index is 2.26. The molecule has 122 valence electrons. The van der Waals surface area contributed by atoms with Crippen LogP contribution in [-0.4, -0.2) is 30.0 Å². The Labute approximate surface area is 136 Å². The molecule has 23 heavy (non-hydrogen) atoms. The van der Waals surface area contributed by atoms with Crippen LogP contribution in [0.25, 0.3) is 0 Å². The number of ether oxygens (including phenoxy) is 1. The van der Waals surface area contributed by atoms with Crippen LogP contribution in [0.5, 0.6) is 5.75 Å². The first kappa shape index (κ1) is 16.8. The molecule has 6 heteroatoms. The van der Waals surface area contributed by atoms with Gasteiger partial charge in [-0.1, -0.05) is 26.0 Å². The number of nitriles is 1. The normalized spacial score (nSPS) is 20.3. The molecule has 1 unspecified atom stereocenters. The molecule has 1 saturated heterocycles. The summed E-state index contributed by atoms with van der Waals surface area (Å²) in [6, 6.07) is 8.73. The van der Waals surface area contributed by atoms with Crippen molar-refractivity contribution in [3.63, 3.8) is 0 Å². The molecule has 0 radical (unpaired) electrons. The topological polar surface area (TPSA) is 82.4 Å². The van der Waals surface area contributed by atoms with Crippen LogP contribution in [0.1, 0.15) is 38.7 Å². The highest BCUT2D eigenvalue weighted by molar-refractivity contribution is 6.07. The Morgan fingerprint density at radius 1 is 1.26 bits per heavy atom. The minimum absolute atomic E-state index is 0.112. The van der Waals surface area contributed by atoms with E-state index in [9.17, 15) is 9.59 Å². The third-order valence-corrected chi connectivity index (χ3v) is 3.97. The highest BCUT2D eigenvalue weighted by atomic mass is 16.5. The second-order valence-corrected chi connectivity index (χ2v) is 5.43. The third-order valence-electron chi connectivity index (χ3n) is 3.97. The Kier molecular flexibility index (Phi) is 5.22. The number of rotatable bonds is 7. The Hall–Kier alpha value is -2.55. The molecule has 0 saturated carbocycles.